The van der Waals surface area contributed by atoms with Gasteiger partial charge in [-0.2, -0.15) is 0 Å². The summed E-state index contributed by atoms with van der Waals surface area (Å²) in [6.45, 7) is 10.3. The summed E-state index contributed by atoms with van der Waals surface area (Å²) >= 11 is 0. The second-order valence-electron chi connectivity index (χ2n) is 11.0. The van der Waals surface area contributed by atoms with E-state index in [-0.39, 0.29) is 0 Å². The van der Waals surface area contributed by atoms with Gasteiger partial charge in [0.1, 0.15) is 0 Å². The minimum Gasteiger partial charge on any atom is -0.398 e. The lowest BCUT2D eigenvalue weighted by molar-refractivity contribution is 1.15. The molecule has 224 valence electrons. The number of para-hydroxylation sites is 1. The Balaban J connectivity index is 1.63. The predicted octanol–water partition coefficient (Wildman–Crippen LogP) is 10.4. The van der Waals surface area contributed by atoms with Crippen LogP contribution in [0.2, 0.25) is 0 Å². The average molecular weight is 589 g/mol. The fourth-order valence-electron chi connectivity index (χ4n) is 5.54. The molecule has 0 radical (unpaired) electrons. The number of nitrogens with zero attached hydrogens (tertiary/aromatic N) is 1. The summed E-state index contributed by atoms with van der Waals surface area (Å²) in [6.07, 6.45) is 22.1. The Morgan fingerprint density at radius 1 is 0.911 bits per heavy atom. The lowest BCUT2D eigenvalue weighted by Gasteiger charge is -2.09. The average Bonchev–Trinajstić information content (AvgIpc) is 3.66. The number of nitrogens with two attached hydrogens (primary N) is 1. The van der Waals surface area contributed by atoms with Gasteiger partial charge in [0, 0.05) is 46.7 Å². The van der Waals surface area contributed by atoms with Crippen LogP contribution in [0.25, 0.3) is 44.7 Å². The van der Waals surface area contributed by atoms with E-state index in [4.69, 9.17) is 11.1 Å². The first-order chi connectivity index (χ1) is 21.9. The van der Waals surface area contributed by atoms with E-state index >= 15 is 0 Å². The zero-order valence-electron chi connectivity index (χ0n) is 26.2. The summed E-state index contributed by atoms with van der Waals surface area (Å²) in [4.78, 5) is 3.39. The van der Waals surface area contributed by atoms with Gasteiger partial charge in [-0.15, -0.1) is 0 Å². The molecule has 0 aliphatic rings. The Morgan fingerprint density at radius 2 is 1.67 bits per heavy atom. The van der Waals surface area contributed by atoms with Crippen LogP contribution < -0.4 is 5.73 Å². The molecule has 0 bridgehead atoms. The van der Waals surface area contributed by atoms with Gasteiger partial charge in [-0.3, -0.25) is 0 Å². The highest BCUT2D eigenvalue weighted by molar-refractivity contribution is 6.10. The third-order valence-electron chi connectivity index (χ3n) is 7.81. The summed E-state index contributed by atoms with van der Waals surface area (Å²) in [5.74, 6) is 0. The zero-order chi connectivity index (χ0) is 31.8. The molecule has 3 aromatic carbocycles. The fourth-order valence-corrected chi connectivity index (χ4v) is 5.54. The molecule has 2 aromatic heterocycles. The lowest BCUT2D eigenvalue weighted by atomic mass is 10.00. The summed E-state index contributed by atoms with van der Waals surface area (Å²) in [6, 6.07) is 26.2. The Hall–Kier alpha value is -5.61. The molecule has 0 fully saturated rings. The van der Waals surface area contributed by atoms with Gasteiger partial charge in [0.25, 0.3) is 0 Å². The molecular weight excluding hydrogens is 548 g/mol. The first-order valence-corrected chi connectivity index (χ1v) is 15.2. The minimum atomic E-state index is 0.649. The van der Waals surface area contributed by atoms with Gasteiger partial charge >= 0.3 is 0 Å². The van der Waals surface area contributed by atoms with Gasteiger partial charge < -0.3 is 20.7 Å². The molecule has 5 aromatic rings. The summed E-state index contributed by atoms with van der Waals surface area (Å²) in [5, 5.41) is 9.64. The van der Waals surface area contributed by atoms with Gasteiger partial charge in [-0.05, 0) is 109 Å². The summed E-state index contributed by atoms with van der Waals surface area (Å²) < 4.78 is 2.36. The van der Waals surface area contributed by atoms with Crippen molar-refractivity contribution in [2.24, 2.45) is 5.73 Å². The van der Waals surface area contributed by atoms with Crippen LogP contribution in [0.1, 0.15) is 32.0 Å². The number of hydrogen-bond donors (Lipinski definition) is 3. The molecule has 0 spiro atoms. The molecule has 4 heteroatoms. The van der Waals surface area contributed by atoms with Crippen molar-refractivity contribution in [3.8, 4) is 16.8 Å². The van der Waals surface area contributed by atoms with E-state index in [0.29, 0.717) is 5.70 Å². The SMILES string of the molecule is C=C(/C=C(C)/C(/C=C\C)=C/c1ccc2c3ccc(-c4c[nH]c(C/C=C\C=N)c4)cc3n(-c3ccccc3)c2c1)/C(N)=C/C=C\C. The van der Waals surface area contributed by atoms with Crippen molar-refractivity contribution >= 4 is 34.1 Å². The molecule has 4 N–H and O–H groups in total. The van der Waals surface area contributed by atoms with Crippen LogP contribution in [0.15, 0.2) is 157 Å². The molecule has 2 heterocycles. The molecule has 4 nitrogen and oxygen atoms in total. The van der Waals surface area contributed by atoms with Crippen molar-refractivity contribution in [2.75, 3.05) is 0 Å². The molecule has 0 atom stereocenters. The minimum absolute atomic E-state index is 0.649. The van der Waals surface area contributed by atoms with E-state index in [9.17, 15) is 0 Å². The summed E-state index contributed by atoms with van der Waals surface area (Å²) in [5.41, 5.74) is 17.8. The van der Waals surface area contributed by atoms with E-state index < -0.39 is 0 Å². The van der Waals surface area contributed by atoms with Gasteiger partial charge in [0.05, 0.1) is 11.0 Å². The molecule has 0 aliphatic heterocycles. The van der Waals surface area contributed by atoms with Crippen LogP contribution in [-0.4, -0.2) is 15.8 Å². The van der Waals surface area contributed by atoms with Gasteiger partial charge in [-0.25, -0.2) is 0 Å². The van der Waals surface area contributed by atoms with E-state index in [1.54, 1.807) is 6.08 Å². The topological polar surface area (TPSA) is 70.6 Å². The van der Waals surface area contributed by atoms with Crippen LogP contribution in [0.3, 0.4) is 0 Å². The van der Waals surface area contributed by atoms with E-state index in [2.05, 4.69) is 120 Å². The van der Waals surface area contributed by atoms with Crippen LogP contribution in [0.4, 0.5) is 0 Å². The first kappa shape index (κ1) is 30.8. The van der Waals surface area contributed by atoms with Gasteiger partial charge in [-0.1, -0.05) is 79.4 Å². The second-order valence-corrected chi connectivity index (χ2v) is 11.0. The van der Waals surface area contributed by atoms with Crippen molar-refractivity contribution in [3.63, 3.8) is 0 Å². The molecule has 0 saturated carbocycles. The molecule has 0 saturated heterocycles. The highest BCUT2D eigenvalue weighted by atomic mass is 15.0. The maximum absolute atomic E-state index is 7.22. The van der Waals surface area contributed by atoms with Gasteiger partial charge in [0.2, 0.25) is 0 Å². The number of hydrogen-bond acceptors (Lipinski definition) is 2. The summed E-state index contributed by atoms with van der Waals surface area (Å²) in [7, 11) is 0. The Labute approximate surface area is 266 Å². The normalized spacial score (nSPS) is 13.3. The van der Waals surface area contributed by atoms with E-state index in [1.807, 2.05) is 44.2 Å². The van der Waals surface area contributed by atoms with Crippen molar-refractivity contribution in [1.29, 1.82) is 5.41 Å². The van der Waals surface area contributed by atoms with E-state index in [1.165, 1.54) is 17.0 Å². The number of aromatic amines is 1. The Kier molecular flexibility index (Phi) is 9.76. The smallest absolute Gasteiger partial charge is 0.0547 e. The lowest BCUT2D eigenvalue weighted by Crippen LogP contribution is -1.98. The third-order valence-corrected chi connectivity index (χ3v) is 7.81. The van der Waals surface area contributed by atoms with Crippen molar-refractivity contribution in [1.82, 2.24) is 9.55 Å². The number of benzene rings is 3. The van der Waals surface area contributed by atoms with Crippen LogP contribution >= 0.6 is 0 Å². The largest absolute Gasteiger partial charge is 0.398 e. The Morgan fingerprint density at radius 3 is 2.40 bits per heavy atom. The molecule has 45 heavy (non-hydrogen) atoms. The van der Waals surface area contributed by atoms with Crippen LogP contribution in [-0.2, 0) is 6.42 Å². The van der Waals surface area contributed by atoms with Gasteiger partial charge in [0.15, 0.2) is 0 Å². The number of nitrogens with one attached hydrogen (secondary N) is 2. The maximum Gasteiger partial charge on any atom is 0.0547 e. The molecule has 0 unspecified atom stereocenters. The van der Waals surface area contributed by atoms with Crippen molar-refractivity contribution in [2.45, 2.75) is 27.2 Å². The Bertz CT molecular complexity index is 2040. The number of aromatic nitrogens is 2. The number of rotatable bonds is 11. The van der Waals surface area contributed by atoms with Crippen molar-refractivity contribution < 1.29 is 0 Å². The second kappa shape index (κ2) is 14.2. The van der Waals surface area contributed by atoms with Crippen molar-refractivity contribution in [3.05, 3.63) is 168 Å². The maximum atomic E-state index is 7.22. The zero-order valence-corrected chi connectivity index (χ0v) is 26.2. The quantitative estimate of drug-likeness (QED) is 0.104. The highest BCUT2D eigenvalue weighted by Crippen LogP contribution is 2.36. The van der Waals surface area contributed by atoms with Crippen LogP contribution in [0, 0.1) is 5.41 Å². The first-order valence-electron chi connectivity index (χ1n) is 15.2. The van der Waals surface area contributed by atoms with E-state index in [0.717, 1.165) is 62.2 Å². The number of fused-ring (bicyclic) bond motifs is 3. The number of H-pyrrole nitrogens is 1. The predicted molar refractivity (Wildman–Crippen MR) is 195 cm³/mol. The standard InChI is InChI=1S/C41H40N4/c1-5-7-17-39(43)30(4)23-29(3)32(13-6-2)24-31-18-20-37-38-21-19-33(34-26-35(44-28-34)14-11-12-22-42)27-41(38)45(40(37)25-31)36-15-9-8-10-16-36/h5-13,15-28,42,44H,4,14,43H2,1-3H3/b7-5-,12-11-,13-6-,29-23+,32-24+,39-17-,42-22?. The third kappa shape index (κ3) is 6.97. The number of allylic oxidation sites excluding steroid dienone is 10. The molecular formula is C41H40N4. The fraction of sp³-hybridized carbons (Fsp3) is 0.0976. The molecule has 5 rings (SSSR count). The monoisotopic (exact) mass is 588 g/mol. The van der Waals surface area contributed by atoms with Crippen LogP contribution in [0.5, 0.6) is 0 Å². The highest BCUT2D eigenvalue weighted by Gasteiger charge is 2.14. The molecule has 0 amide bonds. The molecule has 0 aliphatic carbocycles.